The molecule has 1 heterocycles. The smallest absolute Gasteiger partial charge is 0.251 e. The molecule has 0 saturated heterocycles. The molecule has 2 aromatic rings. The number of hydrogen-bond acceptors (Lipinski definition) is 4. The summed E-state index contributed by atoms with van der Waals surface area (Å²) in [6, 6.07) is 7.50. The van der Waals surface area contributed by atoms with Crippen LogP contribution < -0.4 is 10.6 Å². The first-order chi connectivity index (χ1) is 12.3. The molecule has 0 saturated carbocycles. The average molecular weight is 357 g/mol. The van der Waals surface area contributed by atoms with Gasteiger partial charge in [0.15, 0.2) is 0 Å². The topological polar surface area (TPSA) is 88.9 Å². The molecule has 1 atom stereocenters. The number of carbonyl (C=O) groups excluding carboxylic acids is 2. The zero-order valence-electron chi connectivity index (χ0n) is 15.8. The highest BCUT2D eigenvalue weighted by Gasteiger charge is 2.14. The Bertz CT molecular complexity index is 717. The lowest BCUT2D eigenvalue weighted by Gasteiger charge is -2.19. The lowest BCUT2D eigenvalue weighted by Crippen LogP contribution is -2.37. The quantitative estimate of drug-likeness (QED) is 0.792. The number of rotatable bonds is 7. The van der Waals surface area contributed by atoms with Crippen molar-refractivity contribution in [3.63, 3.8) is 0 Å². The van der Waals surface area contributed by atoms with Gasteiger partial charge in [0.2, 0.25) is 5.91 Å². The largest absolute Gasteiger partial charge is 0.352 e. The number of benzene rings is 1. The molecule has 7 nitrogen and oxygen atoms in total. The van der Waals surface area contributed by atoms with Gasteiger partial charge in [0.05, 0.1) is 6.54 Å². The van der Waals surface area contributed by atoms with Gasteiger partial charge in [-0.05, 0) is 30.0 Å². The van der Waals surface area contributed by atoms with Crippen molar-refractivity contribution in [2.24, 2.45) is 0 Å². The van der Waals surface area contributed by atoms with Crippen LogP contribution in [0.2, 0.25) is 0 Å². The summed E-state index contributed by atoms with van der Waals surface area (Å²) in [5, 5.41) is 9.66. The van der Waals surface area contributed by atoms with Crippen LogP contribution in [0.1, 0.15) is 50.0 Å². The predicted octanol–water partition coefficient (Wildman–Crippen LogP) is 1.90. The van der Waals surface area contributed by atoms with Crippen LogP contribution in [0.15, 0.2) is 36.9 Å². The zero-order chi connectivity index (χ0) is 19.2. The number of nitrogens with one attached hydrogen (secondary N) is 2. The lowest BCUT2D eigenvalue weighted by molar-refractivity contribution is -0.121. The van der Waals surface area contributed by atoms with Crippen molar-refractivity contribution in [2.75, 3.05) is 6.54 Å². The highest BCUT2D eigenvalue weighted by atomic mass is 16.2. The van der Waals surface area contributed by atoms with Gasteiger partial charge in [-0.15, -0.1) is 0 Å². The number of carbonyl (C=O) groups is 2. The van der Waals surface area contributed by atoms with Crippen LogP contribution in [0.4, 0.5) is 0 Å². The van der Waals surface area contributed by atoms with Gasteiger partial charge in [-0.1, -0.05) is 32.9 Å². The van der Waals surface area contributed by atoms with E-state index in [0.29, 0.717) is 18.7 Å². The molecular formula is C19H27N5O2. The molecule has 0 aliphatic rings. The summed E-state index contributed by atoms with van der Waals surface area (Å²) in [4.78, 5) is 28.0. The maximum atomic E-state index is 12.2. The van der Waals surface area contributed by atoms with Crippen LogP contribution in [0.25, 0.3) is 0 Å². The molecule has 0 fully saturated rings. The first-order valence-corrected chi connectivity index (χ1v) is 8.76. The minimum absolute atomic E-state index is 0.0516. The van der Waals surface area contributed by atoms with Crippen molar-refractivity contribution in [1.29, 1.82) is 0 Å². The lowest BCUT2D eigenvalue weighted by atomic mass is 9.87. The standard InChI is InChI=1S/C19H27N5O2/c1-14(11-24-13-20-12-22-24)23-17(25)9-10-21-18(26)15-5-7-16(8-6-15)19(2,3)4/h5-8,12-14H,9-11H2,1-4H3,(H,21,26)(H,23,25). The van der Waals surface area contributed by atoms with E-state index in [1.54, 1.807) is 11.0 Å². The van der Waals surface area contributed by atoms with Gasteiger partial charge in [0, 0.05) is 24.6 Å². The third kappa shape index (κ3) is 5.98. The maximum absolute atomic E-state index is 12.2. The molecule has 0 radical (unpaired) electrons. The second kappa shape index (κ2) is 8.60. The number of nitrogens with zero attached hydrogens (tertiary/aromatic N) is 3. The molecular weight excluding hydrogens is 330 g/mol. The fourth-order valence-corrected chi connectivity index (χ4v) is 2.51. The van der Waals surface area contributed by atoms with Crippen molar-refractivity contribution in [3.05, 3.63) is 48.0 Å². The Morgan fingerprint density at radius 1 is 1.19 bits per heavy atom. The summed E-state index contributed by atoms with van der Waals surface area (Å²) in [6.07, 6.45) is 3.29. The van der Waals surface area contributed by atoms with Gasteiger partial charge in [0.25, 0.3) is 5.91 Å². The second-order valence-electron chi connectivity index (χ2n) is 7.42. The molecule has 2 rings (SSSR count). The molecule has 1 aromatic carbocycles. The van der Waals surface area contributed by atoms with Gasteiger partial charge in [-0.3, -0.25) is 14.3 Å². The molecule has 26 heavy (non-hydrogen) atoms. The minimum Gasteiger partial charge on any atom is -0.352 e. The van der Waals surface area contributed by atoms with E-state index in [4.69, 9.17) is 0 Å². The molecule has 2 amide bonds. The first-order valence-electron chi connectivity index (χ1n) is 8.76. The molecule has 7 heteroatoms. The first kappa shape index (κ1) is 19.6. The molecule has 0 spiro atoms. The molecule has 140 valence electrons. The third-order valence-electron chi connectivity index (χ3n) is 3.99. The summed E-state index contributed by atoms with van der Waals surface area (Å²) < 4.78 is 1.66. The molecule has 1 aromatic heterocycles. The highest BCUT2D eigenvalue weighted by Crippen LogP contribution is 2.22. The van der Waals surface area contributed by atoms with Crippen LogP contribution in [-0.2, 0) is 16.8 Å². The van der Waals surface area contributed by atoms with Crippen LogP contribution in [0, 0.1) is 0 Å². The Balaban J connectivity index is 1.72. The van der Waals surface area contributed by atoms with Gasteiger partial charge in [-0.2, -0.15) is 5.10 Å². The Kier molecular flexibility index (Phi) is 6.49. The van der Waals surface area contributed by atoms with E-state index in [1.165, 1.54) is 11.9 Å². The van der Waals surface area contributed by atoms with Crippen molar-refractivity contribution < 1.29 is 9.59 Å². The van der Waals surface area contributed by atoms with Crippen molar-refractivity contribution in [1.82, 2.24) is 25.4 Å². The minimum atomic E-state index is -0.172. The van der Waals surface area contributed by atoms with E-state index in [2.05, 4.69) is 41.5 Å². The second-order valence-corrected chi connectivity index (χ2v) is 7.42. The third-order valence-corrected chi connectivity index (χ3v) is 3.99. The van der Waals surface area contributed by atoms with E-state index < -0.39 is 0 Å². The van der Waals surface area contributed by atoms with E-state index >= 15 is 0 Å². The van der Waals surface area contributed by atoms with Gasteiger partial charge in [0.1, 0.15) is 12.7 Å². The van der Waals surface area contributed by atoms with Crippen LogP contribution in [0.5, 0.6) is 0 Å². The fourth-order valence-electron chi connectivity index (χ4n) is 2.51. The van der Waals surface area contributed by atoms with Crippen molar-refractivity contribution in [3.8, 4) is 0 Å². The molecule has 0 bridgehead atoms. The SMILES string of the molecule is CC(Cn1cncn1)NC(=O)CCNC(=O)c1ccc(C(C)(C)C)cc1. The fraction of sp³-hybridized carbons (Fsp3) is 0.474. The summed E-state index contributed by atoms with van der Waals surface area (Å²) in [7, 11) is 0. The van der Waals surface area contributed by atoms with Crippen LogP contribution in [-0.4, -0.2) is 39.2 Å². The van der Waals surface area contributed by atoms with E-state index in [0.717, 1.165) is 0 Å². The van der Waals surface area contributed by atoms with Crippen LogP contribution >= 0.6 is 0 Å². The predicted molar refractivity (Wildman–Crippen MR) is 99.7 cm³/mol. The Hall–Kier alpha value is -2.70. The monoisotopic (exact) mass is 357 g/mol. The van der Waals surface area contributed by atoms with E-state index in [-0.39, 0.29) is 29.7 Å². The van der Waals surface area contributed by atoms with Gasteiger partial charge >= 0.3 is 0 Å². The Morgan fingerprint density at radius 2 is 1.88 bits per heavy atom. The highest BCUT2D eigenvalue weighted by molar-refractivity contribution is 5.94. The Labute approximate surface area is 154 Å². The Morgan fingerprint density at radius 3 is 2.46 bits per heavy atom. The zero-order valence-corrected chi connectivity index (χ0v) is 15.8. The van der Waals surface area contributed by atoms with Crippen molar-refractivity contribution >= 4 is 11.8 Å². The van der Waals surface area contributed by atoms with Gasteiger partial charge < -0.3 is 10.6 Å². The van der Waals surface area contributed by atoms with Crippen LogP contribution in [0.3, 0.4) is 0 Å². The maximum Gasteiger partial charge on any atom is 0.251 e. The van der Waals surface area contributed by atoms with Crippen molar-refractivity contribution in [2.45, 2.75) is 52.1 Å². The average Bonchev–Trinajstić information content (AvgIpc) is 3.06. The molecule has 0 aliphatic heterocycles. The summed E-state index contributed by atoms with van der Waals surface area (Å²) >= 11 is 0. The normalized spacial score (nSPS) is 12.5. The molecule has 2 N–H and O–H groups in total. The summed E-state index contributed by atoms with van der Waals surface area (Å²) in [6.45, 7) is 9.13. The van der Waals surface area contributed by atoms with E-state index in [9.17, 15) is 9.59 Å². The summed E-state index contributed by atoms with van der Waals surface area (Å²) in [5.41, 5.74) is 1.82. The van der Waals surface area contributed by atoms with Gasteiger partial charge in [-0.25, -0.2) is 4.98 Å². The number of hydrogen-bond donors (Lipinski definition) is 2. The van der Waals surface area contributed by atoms with E-state index in [1.807, 2.05) is 31.2 Å². The summed E-state index contributed by atoms with van der Waals surface area (Å²) in [5.74, 6) is -0.282. The molecule has 0 aliphatic carbocycles. The number of amides is 2. The molecule has 1 unspecified atom stereocenters. The number of aromatic nitrogens is 3.